The Morgan fingerprint density at radius 3 is 2.74 bits per heavy atom. The smallest absolute Gasteiger partial charge is 0.281 e. The Labute approximate surface area is 259 Å². The van der Waals surface area contributed by atoms with Crippen molar-refractivity contribution in [3.63, 3.8) is 0 Å². The van der Waals surface area contributed by atoms with E-state index in [0.717, 1.165) is 27.6 Å². The fourth-order valence-corrected chi connectivity index (χ4v) is 8.99. The Kier molecular flexibility index (Phi) is 6.67. The number of aliphatic hydroxyl groups is 1. The molecule has 3 fully saturated rings. The summed E-state index contributed by atoms with van der Waals surface area (Å²) in [7, 11) is 2.03. The van der Waals surface area contributed by atoms with Crippen molar-refractivity contribution in [3.8, 4) is 0 Å². The number of piperazine rings is 1. The number of nitrogens with one attached hydrogen (secondary N) is 2. The number of benzene rings is 1. The number of aromatic amines is 1. The molecule has 5 heterocycles. The van der Waals surface area contributed by atoms with Crippen LogP contribution in [0.3, 0.4) is 0 Å². The van der Waals surface area contributed by atoms with Gasteiger partial charge in [-0.1, -0.05) is 55.8 Å². The molecule has 3 saturated heterocycles. The maximum absolute atomic E-state index is 14.5. The van der Waals surface area contributed by atoms with Crippen molar-refractivity contribution in [2.75, 3.05) is 20.1 Å². The van der Waals surface area contributed by atoms with Crippen LogP contribution in [0, 0.1) is 17.8 Å². The van der Waals surface area contributed by atoms with Crippen LogP contribution in [0.4, 0.5) is 0 Å². The van der Waals surface area contributed by atoms with E-state index in [1.807, 2.05) is 27.0 Å². The summed E-state index contributed by atoms with van der Waals surface area (Å²) in [6.07, 6.45) is 4.52. The molecular weight excluding hydrogens is 614 g/mol. The number of hydrogen-bond donors (Lipinski definition) is 3. The molecule has 7 rings (SSSR count). The maximum atomic E-state index is 14.5. The minimum atomic E-state index is -2.02. The number of halogens is 1. The largest absolute Gasteiger partial charge is 0.361 e. The first kappa shape index (κ1) is 29.0. The van der Waals surface area contributed by atoms with E-state index < -0.39 is 41.5 Å². The van der Waals surface area contributed by atoms with Crippen LogP contribution in [0.5, 0.6) is 0 Å². The average Bonchev–Trinajstić information content (AvgIpc) is 3.66. The van der Waals surface area contributed by atoms with E-state index in [2.05, 4.69) is 49.5 Å². The minimum absolute atomic E-state index is 0.0987. The summed E-state index contributed by atoms with van der Waals surface area (Å²) < 4.78 is 7.25. The van der Waals surface area contributed by atoms with Gasteiger partial charge in [-0.2, -0.15) is 0 Å². The molecule has 4 aliphatic heterocycles. The van der Waals surface area contributed by atoms with Crippen molar-refractivity contribution in [2.45, 2.75) is 83.1 Å². The predicted octanol–water partition coefficient (Wildman–Crippen LogP) is 3.15. The van der Waals surface area contributed by atoms with Crippen LogP contribution in [0.1, 0.15) is 58.1 Å². The maximum Gasteiger partial charge on any atom is 0.281 e. The molecule has 43 heavy (non-hydrogen) atoms. The van der Waals surface area contributed by atoms with Gasteiger partial charge < -0.3 is 20.3 Å². The lowest BCUT2D eigenvalue weighted by atomic mass is 9.79. The van der Waals surface area contributed by atoms with Gasteiger partial charge in [0.05, 0.1) is 5.92 Å². The van der Waals surface area contributed by atoms with Gasteiger partial charge in [0.15, 0.2) is 0 Å². The highest BCUT2D eigenvalue weighted by molar-refractivity contribution is 9.11. The number of fused-ring (bicyclic) bond motifs is 5. The summed E-state index contributed by atoms with van der Waals surface area (Å²) in [5.41, 5.74) is 2.66. The second kappa shape index (κ2) is 9.89. The molecule has 10 nitrogen and oxygen atoms in total. The second-order valence-corrected chi connectivity index (χ2v) is 14.5. The first-order valence-corrected chi connectivity index (χ1v) is 16.3. The fourth-order valence-electron chi connectivity index (χ4n) is 8.16. The molecule has 1 aromatic carbocycles. The predicted molar refractivity (Wildman–Crippen MR) is 164 cm³/mol. The molecular formula is C32H40BrN5O5. The third-order valence-electron chi connectivity index (χ3n) is 10.3. The van der Waals surface area contributed by atoms with Gasteiger partial charge >= 0.3 is 0 Å². The molecule has 230 valence electrons. The van der Waals surface area contributed by atoms with Crippen molar-refractivity contribution in [1.82, 2.24) is 25.0 Å². The average molecular weight is 655 g/mol. The Morgan fingerprint density at radius 2 is 2.02 bits per heavy atom. The molecule has 11 heteroatoms. The number of likely N-dealkylation sites (N-methyl/N-ethyl adjacent to an activating group) is 1. The van der Waals surface area contributed by atoms with Crippen LogP contribution in [-0.2, 0) is 25.5 Å². The summed E-state index contributed by atoms with van der Waals surface area (Å²) >= 11 is 3.85. The van der Waals surface area contributed by atoms with Crippen molar-refractivity contribution in [2.24, 2.45) is 17.8 Å². The summed E-state index contributed by atoms with van der Waals surface area (Å²) in [6.45, 7) is 8.54. The third kappa shape index (κ3) is 3.97. The monoisotopic (exact) mass is 653 g/mol. The number of carbonyl (C=O) groups is 3. The van der Waals surface area contributed by atoms with E-state index in [1.165, 1.54) is 15.8 Å². The number of aromatic nitrogens is 1. The number of amides is 3. The molecule has 0 saturated carbocycles. The highest BCUT2D eigenvalue weighted by Crippen LogP contribution is 2.49. The number of rotatable bonds is 5. The van der Waals surface area contributed by atoms with Crippen molar-refractivity contribution in [1.29, 1.82) is 0 Å². The van der Waals surface area contributed by atoms with Crippen LogP contribution in [-0.4, -0.2) is 92.4 Å². The summed E-state index contributed by atoms with van der Waals surface area (Å²) in [4.78, 5) is 50.9. The van der Waals surface area contributed by atoms with Crippen LogP contribution in [0.15, 0.2) is 28.9 Å². The van der Waals surface area contributed by atoms with E-state index in [-0.39, 0.29) is 23.8 Å². The van der Waals surface area contributed by atoms with Gasteiger partial charge in [0.1, 0.15) is 12.1 Å². The normalized spacial score (nSPS) is 34.0. The highest BCUT2D eigenvalue weighted by atomic mass is 79.9. The minimum Gasteiger partial charge on any atom is -0.361 e. The van der Waals surface area contributed by atoms with Gasteiger partial charge in [-0.15, -0.1) is 0 Å². The topological polar surface area (TPSA) is 118 Å². The molecule has 6 atom stereocenters. The first-order chi connectivity index (χ1) is 20.4. The van der Waals surface area contributed by atoms with Crippen LogP contribution in [0.25, 0.3) is 16.5 Å². The number of nitrogens with zero attached hydrogens (tertiary/aromatic N) is 3. The highest BCUT2D eigenvalue weighted by Gasteiger charge is 2.72. The van der Waals surface area contributed by atoms with Gasteiger partial charge in [0, 0.05) is 46.6 Å². The van der Waals surface area contributed by atoms with Crippen molar-refractivity contribution >= 4 is 50.1 Å². The van der Waals surface area contributed by atoms with E-state index in [0.29, 0.717) is 32.4 Å². The number of H-pyrrole nitrogens is 1. The second-order valence-electron chi connectivity index (χ2n) is 13.7. The SMILES string of the molecule is CC(C)C[C@H]1C(=O)N2CCC[C@H]2[C@]2(O)O[C@](NC(=O)[C@H]3CN(C)[C@@H]4Cc5c[nH]c6cccc(c56)C4=C3Br)(C(C)C)C(=O)N12. The van der Waals surface area contributed by atoms with Gasteiger partial charge in [0.25, 0.3) is 11.8 Å². The number of hydrogen-bond acceptors (Lipinski definition) is 6. The van der Waals surface area contributed by atoms with E-state index in [9.17, 15) is 19.5 Å². The molecule has 1 aliphatic carbocycles. The zero-order valence-corrected chi connectivity index (χ0v) is 26.9. The standard InChI is InChI=1S/C32H40BrN5O5/c1-16(2)12-23-29(40)37-11-7-10-24(37)32(42)38(23)30(41)31(43-32,17(3)4)35-28(39)20-15-36(5)22-13-18-14-34-21-9-6-8-19(25(18)21)26(22)27(20)33/h6,8-9,14,16-17,20,22-24,34,42H,7,10-13,15H2,1-5H3,(H,35,39)/t20-,22+,23-,24-,31+,32-/m0/s1. The van der Waals surface area contributed by atoms with Gasteiger partial charge in [-0.3, -0.25) is 28.9 Å². The Balaban J connectivity index is 1.27. The Bertz CT molecular complexity index is 1570. The zero-order valence-electron chi connectivity index (χ0n) is 25.3. The molecule has 0 radical (unpaired) electrons. The van der Waals surface area contributed by atoms with Crippen LogP contribution >= 0.6 is 15.9 Å². The lowest BCUT2D eigenvalue weighted by Gasteiger charge is -2.49. The third-order valence-corrected chi connectivity index (χ3v) is 11.3. The van der Waals surface area contributed by atoms with Gasteiger partial charge in [-0.05, 0) is 61.4 Å². The summed E-state index contributed by atoms with van der Waals surface area (Å²) in [5, 5.41) is 16.4. The summed E-state index contributed by atoms with van der Waals surface area (Å²) in [5.74, 6) is -4.13. The molecule has 0 spiro atoms. The first-order valence-electron chi connectivity index (χ1n) is 15.5. The number of ether oxygens (including phenoxy) is 1. The zero-order chi connectivity index (χ0) is 30.6. The van der Waals surface area contributed by atoms with Crippen LogP contribution in [0.2, 0.25) is 0 Å². The lowest BCUT2D eigenvalue weighted by Crippen LogP contribution is -2.71. The fraction of sp³-hybridized carbons (Fsp3) is 0.594. The number of carbonyl (C=O) groups excluding carboxylic acids is 3. The van der Waals surface area contributed by atoms with E-state index in [4.69, 9.17) is 4.74 Å². The molecule has 3 amide bonds. The van der Waals surface area contributed by atoms with Crippen molar-refractivity contribution in [3.05, 3.63) is 40.0 Å². The van der Waals surface area contributed by atoms with E-state index >= 15 is 0 Å². The van der Waals surface area contributed by atoms with Crippen LogP contribution < -0.4 is 5.32 Å². The van der Waals surface area contributed by atoms with Gasteiger partial charge in [0.2, 0.25) is 17.5 Å². The molecule has 0 unspecified atom stereocenters. The molecule has 5 aliphatic rings. The molecule has 2 aromatic rings. The molecule has 1 aromatic heterocycles. The van der Waals surface area contributed by atoms with Gasteiger partial charge in [-0.25, -0.2) is 0 Å². The quantitative estimate of drug-likeness (QED) is 0.456. The molecule has 0 bridgehead atoms. The Hall–Kier alpha value is -2.73. The van der Waals surface area contributed by atoms with Crippen molar-refractivity contribution < 1.29 is 24.2 Å². The Morgan fingerprint density at radius 1 is 1.26 bits per heavy atom. The summed E-state index contributed by atoms with van der Waals surface area (Å²) in [6, 6.07) is 4.74. The lowest BCUT2D eigenvalue weighted by molar-refractivity contribution is -0.322. The van der Waals surface area contributed by atoms with E-state index in [1.54, 1.807) is 18.7 Å². The molecule has 3 N–H and O–H groups in total.